The lowest BCUT2D eigenvalue weighted by atomic mass is 10.2. The van der Waals surface area contributed by atoms with Crippen molar-refractivity contribution in [1.29, 1.82) is 0 Å². The summed E-state index contributed by atoms with van der Waals surface area (Å²) in [6, 6.07) is 7.28. The zero-order valence-electron chi connectivity index (χ0n) is 15.6. The highest BCUT2D eigenvalue weighted by Crippen LogP contribution is 2.20. The average Bonchev–Trinajstić information content (AvgIpc) is 3.31. The lowest BCUT2D eigenvalue weighted by Crippen LogP contribution is -2.16. The van der Waals surface area contributed by atoms with Crippen molar-refractivity contribution in [3.63, 3.8) is 0 Å². The molecule has 4 rings (SSSR count). The molecule has 1 aliphatic heterocycles. The van der Waals surface area contributed by atoms with Gasteiger partial charge in [-0.3, -0.25) is 0 Å². The molecule has 0 unspecified atom stereocenters. The number of halogens is 1. The van der Waals surface area contributed by atoms with Crippen LogP contribution in [0.2, 0.25) is 5.02 Å². The molecule has 0 bridgehead atoms. The van der Waals surface area contributed by atoms with Crippen LogP contribution in [0.25, 0.3) is 5.69 Å². The summed E-state index contributed by atoms with van der Waals surface area (Å²) < 4.78 is 9.17. The number of esters is 1. The van der Waals surface area contributed by atoms with Crippen molar-refractivity contribution in [2.75, 3.05) is 0 Å². The predicted molar refractivity (Wildman–Crippen MR) is 102 cm³/mol. The number of carbonyl (C=O) groups is 1. The van der Waals surface area contributed by atoms with Crippen molar-refractivity contribution >= 4 is 17.6 Å². The smallest absolute Gasteiger partial charge is 0.361 e. The van der Waals surface area contributed by atoms with Crippen molar-refractivity contribution in [2.45, 2.75) is 52.2 Å². The van der Waals surface area contributed by atoms with Gasteiger partial charge in [0.25, 0.3) is 0 Å². The number of aryl methyl sites for hydroxylation is 1. The van der Waals surface area contributed by atoms with Gasteiger partial charge in [-0.05, 0) is 37.5 Å². The van der Waals surface area contributed by atoms with E-state index in [0.717, 1.165) is 43.7 Å². The molecule has 0 fully saturated rings. The van der Waals surface area contributed by atoms with Crippen molar-refractivity contribution in [3.8, 4) is 5.69 Å². The van der Waals surface area contributed by atoms with Crippen LogP contribution in [0.3, 0.4) is 0 Å². The fourth-order valence-electron chi connectivity index (χ4n) is 3.41. The average molecular weight is 401 g/mol. The van der Waals surface area contributed by atoms with Gasteiger partial charge < -0.3 is 9.30 Å². The van der Waals surface area contributed by atoms with Gasteiger partial charge in [-0.25, -0.2) is 9.48 Å². The summed E-state index contributed by atoms with van der Waals surface area (Å²) in [5.74, 6) is 1.11. The van der Waals surface area contributed by atoms with Gasteiger partial charge in [-0.15, -0.1) is 15.3 Å². The van der Waals surface area contributed by atoms with Gasteiger partial charge >= 0.3 is 5.97 Å². The van der Waals surface area contributed by atoms with Gasteiger partial charge in [0.15, 0.2) is 18.1 Å². The number of nitrogens with zero attached hydrogens (tertiary/aromatic N) is 6. The first kappa shape index (κ1) is 18.6. The Balaban J connectivity index is 1.55. The molecule has 1 aliphatic rings. The molecule has 28 heavy (non-hydrogen) atoms. The summed E-state index contributed by atoms with van der Waals surface area (Å²) in [7, 11) is 0. The summed E-state index contributed by atoms with van der Waals surface area (Å²) >= 11 is 6.09. The van der Waals surface area contributed by atoms with Crippen LogP contribution in [0.5, 0.6) is 0 Å². The Labute approximate surface area is 167 Å². The fraction of sp³-hybridized carbons (Fsp3) is 0.421. The Hall–Kier alpha value is -2.74. The number of hydrogen-bond acceptors (Lipinski definition) is 6. The van der Waals surface area contributed by atoms with Gasteiger partial charge in [0.2, 0.25) is 0 Å². The van der Waals surface area contributed by atoms with Crippen LogP contribution in [-0.4, -0.2) is 35.7 Å². The maximum atomic E-state index is 12.7. The first-order valence-electron chi connectivity index (χ1n) is 9.46. The van der Waals surface area contributed by atoms with E-state index >= 15 is 0 Å². The minimum atomic E-state index is -0.509. The third kappa shape index (κ3) is 3.64. The third-order valence-corrected chi connectivity index (χ3v) is 5.00. The van der Waals surface area contributed by atoms with Gasteiger partial charge in [-0.2, -0.15) is 0 Å². The Morgan fingerprint density at radius 1 is 1.25 bits per heavy atom. The van der Waals surface area contributed by atoms with Crippen molar-refractivity contribution < 1.29 is 9.53 Å². The predicted octanol–water partition coefficient (Wildman–Crippen LogP) is 3.16. The Kier molecular flexibility index (Phi) is 5.38. The van der Waals surface area contributed by atoms with E-state index in [4.69, 9.17) is 16.3 Å². The Morgan fingerprint density at radius 2 is 2.14 bits per heavy atom. The van der Waals surface area contributed by atoms with Crippen LogP contribution in [0, 0.1) is 0 Å². The number of ether oxygens (including phenoxy) is 1. The van der Waals surface area contributed by atoms with Crippen LogP contribution in [0.15, 0.2) is 24.3 Å². The van der Waals surface area contributed by atoms with Crippen molar-refractivity contribution in [3.05, 3.63) is 52.3 Å². The molecule has 0 N–H and O–H groups in total. The van der Waals surface area contributed by atoms with Gasteiger partial charge in [0.1, 0.15) is 5.82 Å². The topological polar surface area (TPSA) is 87.7 Å². The van der Waals surface area contributed by atoms with E-state index in [2.05, 4.69) is 20.5 Å². The van der Waals surface area contributed by atoms with E-state index in [-0.39, 0.29) is 12.3 Å². The molecule has 0 radical (unpaired) electrons. The van der Waals surface area contributed by atoms with E-state index < -0.39 is 5.97 Å². The molecule has 0 aliphatic carbocycles. The third-order valence-electron chi connectivity index (χ3n) is 4.76. The molecule has 146 valence electrons. The van der Waals surface area contributed by atoms with E-state index in [0.29, 0.717) is 23.0 Å². The second-order valence-electron chi connectivity index (χ2n) is 6.74. The molecule has 8 nitrogen and oxygen atoms in total. The maximum absolute atomic E-state index is 12.7. The van der Waals surface area contributed by atoms with E-state index in [1.165, 1.54) is 0 Å². The lowest BCUT2D eigenvalue weighted by Gasteiger charge is -2.14. The van der Waals surface area contributed by atoms with Crippen LogP contribution in [0.4, 0.5) is 0 Å². The second-order valence-corrected chi connectivity index (χ2v) is 7.18. The molecular weight excluding hydrogens is 380 g/mol. The summed E-state index contributed by atoms with van der Waals surface area (Å²) in [5, 5.41) is 17.2. The van der Waals surface area contributed by atoms with E-state index in [9.17, 15) is 4.79 Å². The molecule has 3 aromatic rings. The van der Waals surface area contributed by atoms with Crippen LogP contribution >= 0.6 is 11.6 Å². The molecule has 0 spiro atoms. The van der Waals surface area contributed by atoms with Crippen LogP contribution in [0.1, 0.15) is 54.0 Å². The monoisotopic (exact) mass is 400 g/mol. The molecule has 0 atom stereocenters. The van der Waals surface area contributed by atoms with E-state index in [1.807, 2.05) is 23.6 Å². The maximum Gasteiger partial charge on any atom is 0.361 e. The number of benzene rings is 1. The zero-order chi connectivity index (χ0) is 19.5. The minimum Gasteiger partial charge on any atom is -0.453 e. The summed E-state index contributed by atoms with van der Waals surface area (Å²) in [5.41, 5.74) is 1.69. The lowest BCUT2D eigenvalue weighted by molar-refractivity contribution is 0.0448. The Morgan fingerprint density at radius 3 is 2.96 bits per heavy atom. The molecular formula is C19H21ClN6O2. The van der Waals surface area contributed by atoms with Gasteiger partial charge in [-0.1, -0.05) is 36.2 Å². The standard InChI is InChI=1S/C19H21ClN6O2/c1-2-6-15-18(23-24-26(15)14-8-5-7-13(20)11-14)19(27)28-12-17-22-21-16-9-3-4-10-25(16)17/h5,7-8,11H,2-4,6,9-10,12H2,1H3. The zero-order valence-corrected chi connectivity index (χ0v) is 16.4. The number of aromatic nitrogens is 6. The number of carbonyl (C=O) groups excluding carboxylic acids is 1. The fourth-order valence-corrected chi connectivity index (χ4v) is 3.59. The molecule has 0 saturated carbocycles. The molecule has 2 aromatic heterocycles. The first-order valence-corrected chi connectivity index (χ1v) is 9.83. The van der Waals surface area contributed by atoms with Gasteiger partial charge in [0, 0.05) is 18.0 Å². The quantitative estimate of drug-likeness (QED) is 0.590. The molecule has 3 heterocycles. The van der Waals surface area contributed by atoms with Crippen LogP contribution < -0.4 is 0 Å². The highest BCUT2D eigenvalue weighted by molar-refractivity contribution is 6.30. The summed E-state index contributed by atoms with van der Waals surface area (Å²) in [6.07, 6.45) is 4.59. The highest BCUT2D eigenvalue weighted by atomic mass is 35.5. The summed E-state index contributed by atoms with van der Waals surface area (Å²) in [4.78, 5) is 12.7. The second kappa shape index (κ2) is 8.10. The van der Waals surface area contributed by atoms with Crippen molar-refractivity contribution in [2.24, 2.45) is 0 Å². The molecule has 9 heteroatoms. The molecule has 0 amide bonds. The number of hydrogen-bond donors (Lipinski definition) is 0. The molecule has 1 aromatic carbocycles. The number of fused-ring (bicyclic) bond motifs is 1. The van der Waals surface area contributed by atoms with Crippen LogP contribution in [-0.2, 0) is 30.7 Å². The number of rotatable bonds is 6. The Bertz CT molecular complexity index is 996. The largest absolute Gasteiger partial charge is 0.453 e. The van der Waals surface area contributed by atoms with Gasteiger partial charge in [0.05, 0.1) is 11.4 Å². The van der Waals surface area contributed by atoms with Crippen molar-refractivity contribution in [1.82, 2.24) is 29.8 Å². The normalized spacial score (nSPS) is 13.4. The summed E-state index contributed by atoms with van der Waals surface area (Å²) in [6.45, 7) is 2.97. The highest BCUT2D eigenvalue weighted by Gasteiger charge is 2.23. The first-order chi connectivity index (χ1) is 13.7. The van der Waals surface area contributed by atoms with E-state index in [1.54, 1.807) is 16.8 Å². The minimum absolute atomic E-state index is 0.0709. The SMILES string of the molecule is CCCc1c(C(=O)OCc2nnc3n2CCCC3)nnn1-c1cccc(Cl)c1. The molecule has 0 saturated heterocycles.